The van der Waals surface area contributed by atoms with Gasteiger partial charge in [0, 0.05) is 4.88 Å². The maximum atomic E-state index is 3.17. The predicted molar refractivity (Wildman–Crippen MR) is 98.5 cm³/mol. The Morgan fingerprint density at radius 1 is 0.864 bits per heavy atom. The van der Waals surface area contributed by atoms with Crippen molar-refractivity contribution in [2.24, 2.45) is 0 Å². The summed E-state index contributed by atoms with van der Waals surface area (Å²) in [5.41, 5.74) is 0. The molecule has 0 N–H and O–H groups in total. The molecule has 2 heterocycles. The van der Waals surface area contributed by atoms with Gasteiger partial charge in [0.2, 0.25) is 0 Å². The van der Waals surface area contributed by atoms with E-state index in [0.717, 1.165) is 0 Å². The van der Waals surface area contributed by atoms with Gasteiger partial charge in [-0.05, 0) is 23.8 Å². The molecule has 0 saturated carbocycles. The summed E-state index contributed by atoms with van der Waals surface area (Å²) in [6.45, 7) is 2.28. The van der Waals surface area contributed by atoms with Gasteiger partial charge < -0.3 is 17.0 Å². The Hall–Kier alpha value is 0.646. The molecule has 2 aromatic heterocycles. The third-order valence-electron chi connectivity index (χ3n) is 3.65. The molecule has 2 aromatic rings. The van der Waals surface area contributed by atoms with Gasteiger partial charge >= 0.3 is 23.1 Å². The van der Waals surface area contributed by atoms with Crippen molar-refractivity contribution in [2.45, 2.75) is 64.7 Å². The minimum absolute atomic E-state index is 0. The third kappa shape index (κ3) is 8.48. The van der Waals surface area contributed by atoms with Gasteiger partial charge in [-0.1, -0.05) is 57.9 Å². The Balaban J connectivity index is 0.00000220. The first-order valence-corrected chi connectivity index (χ1v) is 9.58. The Kier molecular flexibility index (Phi) is 14.4. The van der Waals surface area contributed by atoms with E-state index in [1.807, 2.05) is 17.4 Å². The first kappa shape index (κ1) is 22.6. The van der Waals surface area contributed by atoms with Crippen molar-refractivity contribution in [2.75, 3.05) is 0 Å². The van der Waals surface area contributed by atoms with E-state index in [0.29, 0.717) is 0 Å². The van der Waals surface area contributed by atoms with E-state index in [-0.39, 0.29) is 40.0 Å². The van der Waals surface area contributed by atoms with Crippen LogP contribution in [0.4, 0.5) is 0 Å². The van der Waals surface area contributed by atoms with Gasteiger partial charge in [-0.25, -0.2) is 0 Å². The molecule has 0 spiro atoms. The zero-order valence-corrected chi connectivity index (χ0v) is 18.2. The van der Waals surface area contributed by atoms with Gasteiger partial charge in [0.05, 0.1) is 0 Å². The number of hydrogen-bond acceptors (Lipinski definition) is 2. The molecule has 0 amide bonds. The van der Waals surface area contributed by atoms with Gasteiger partial charge in [-0.3, -0.25) is 11.3 Å². The third-order valence-corrected chi connectivity index (χ3v) is 5.79. The minimum atomic E-state index is 0. The van der Waals surface area contributed by atoms with E-state index in [1.165, 1.54) is 67.5 Å². The zero-order valence-electron chi connectivity index (χ0n) is 13.6. The molecule has 0 aliphatic rings. The van der Waals surface area contributed by atoms with Crippen LogP contribution in [0.15, 0.2) is 24.3 Å². The van der Waals surface area contributed by atoms with Crippen molar-refractivity contribution in [1.82, 2.24) is 0 Å². The SMILES string of the molecule is CCCCCCCCCCc1ccc(-c2cc[c-]s2)s1.[Br-].[Mg+2]. The number of halogens is 1. The number of rotatable bonds is 10. The minimum Gasteiger partial charge on any atom is -1.00 e. The summed E-state index contributed by atoms with van der Waals surface area (Å²) in [6, 6.07) is 8.75. The van der Waals surface area contributed by atoms with Crippen LogP contribution in [-0.2, 0) is 6.42 Å². The number of hydrogen-bond donors (Lipinski definition) is 0. The Morgan fingerprint density at radius 2 is 1.55 bits per heavy atom. The summed E-state index contributed by atoms with van der Waals surface area (Å²) in [5, 5.41) is 3.17. The van der Waals surface area contributed by atoms with Gasteiger partial charge in [0.15, 0.2) is 0 Å². The van der Waals surface area contributed by atoms with Crippen LogP contribution in [0.5, 0.6) is 0 Å². The number of aryl methyl sites for hydroxylation is 1. The molecular formula is C18H25BrMgS2. The molecule has 0 saturated heterocycles. The van der Waals surface area contributed by atoms with Crippen molar-refractivity contribution >= 4 is 45.7 Å². The van der Waals surface area contributed by atoms with Crippen LogP contribution in [0.1, 0.15) is 63.2 Å². The van der Waals surface area contributed by atoms with Crippen molar-refractivity contribution in [3.63, 3.8) is 0 Å². The summed E-state index contributed by atoms with van der Waals surface area (Å²) in [4.78, 5) is 4.31. The molecule has 0 radical (unpaired) electrons. The molecular weight excluding hydrogens is 385 g/mol. The van der Waals surface area contributed by atoms with E-state index < -0.39 is 0 Å². The molecule has 2 rings (SSSR count). The van der Waals surface area contributed by atoms with Crippen LogP contribution < -0.4 is 17.0 Å². The number of unbranched alkanes of at least 4 members (excludes halogenated alkanes) is 7. The molecule has 0 aliphatic carbocycles. The molecule has 0 aromatic carbocycles. The first-order chi connectivity index (χ1) is 9.90. The summed E-state index contributed by atoms with van der Waals surface area (Å²) in [7, 11) is 0. The van der Waals surface area contributed by atoms with Crippen molar-refractivity contribution < 1.29 is 17.0 Å². The molecule has 0 aliphatic heterocycles. The van der Waals surface area contributed by atoms with E-state index >= 15 is 0 Å². The maximum absolute atomic E-state index is 3.17. The van der Waals surface area contributed by atoms with Gasteiger partial charge in [0.1, 0.15) is 0 Å². The quantitative estimate of drug-likeness (QED) is 0.320. The molecule has 0 bridgehead atoms. The van der Waals surface area contributed by atoms with Crippen molar-refractivity contribution in [3.8, 4) is 9.75 Å². The second-order valence-electron chi connectivity index (χ2n) is 5.41. The Bertz CT molecular complexity index is 465. The van der Waals surface area contributed by atoms with Crippen LogP contribution in [0.2, 0.25) is 0 Å². The first-order valence-electron chi connectivity index (χ1n) is 7.95. The fourth-order valence-electron chi connectivity index (χ4n) is 2.45. The van der Waals surface area contributed by atoms with Gasteiger partial charge in [-0.2, -0.15) is 23.5 Å². The maximum Gasteiger partial charge on any atom is 2.00 e. The largest absolute Gasteiger partial charge is 2.00 e. The van der Waals surface area contributed by atoms with Crippen LogP contribution >= 0.6 is 22.7 Å². The molecule has 0 nitrogen and oxygen atoms in total. The second-order valence-corrected chi connectivity index (χ2v) is 7.46. The molecule has 4 heteroatoms. The van der Waals surface area contributed by atoms with E-state index in [2.05, 4.69) is 30.5 Å². The van der Waals surface area contributed by atoms with Crippen molar-refractivity contribution in [1.29, 1.82) is 0 Å². The molecule has 118 valence electrons. The van der Waals surface area contributed by atoms with E-state index in [4.69, 9.17) is 0 Å². The van der Waals surface area contributed by atoms with Gasteiger partial charge in [-0.15, -0.1) is 10.3 Å². The van der Waals surface area contributed by atoms with Crippen molar-refractivity contribution in [3.05, 3.63) is 34.5 Å². The normalized spacial score (nSPS) is 10.0. The standard InChI is InChI=1S/C18H25S2.BrH.Mg/c1-2-3-4-5-6-7-8-9-11-16-13-14-18(20-16)17-12-10-15-19-17;;/h10,12-14H,2-9,11H2,1H3;1H;/q-1;;+2/p-1. The Morgan fingerprint density at radius 3 is 2.18 bits per heavy atom. The summed E-state index contributed by atoms with van der Waals surface area (Å²) >= 11 is 3.67. The van der Waals surface area contributed by atoms with Gasteiger partial charge in [0.25, 0.3) is 0 Å². The second kappa shape index (κ2) is 14.0. The smallest absolute Gasteiger partial charge is 1.00 e. The number of thiophene rings is 2. The fraction of sp³-hybridized carbons (Fsp3) is 0.556. The van der Waals surface area contributed by atoms with E-state index in [1.54, 1.807) is 16.2 Å². The molecule has 0 fully saturated rings. The summed E-state index contributed by atoms with van der Waals surface area (Å²) < 4.78 is 0. The van der Waals surface area contributed by atoms with Crippen LogP contribution in [0.25, 0.3) is 9.75 Å². The zero-order chi connectivity index (χ0) is 14.0. The van der Waals surface area contributed by atoms with E-state index in [9.17, 15) is 0 Å². The fourth-order valence-corrected chi connectivity index (χ4v) is 4.24. The van der Waals surface area contributed by atoms with Crippen LogP contribution in [0, 0.1) is 5.38 Å². The average molecular weight is 410 g/mol. The average Bonchev–Trinajstić information content (AvgIpc) is 3.12. The molecule has 22 heavy (non-hydrogen) atoms. The molecule has 0 unspecified atom stereocenters. The molecule has 0 atom stereocenters. The topological polar surface area (TPSA) is 0 Å². The van der Waals surface area contributed by atoms with Crippen LogP contribution in [0.3, 0.4) is 0 Å². The monoisotopic (exact) mass is 408 g/mol. The predicted octanol–water partition coefficient (Wildman–Crippen LogP) is 3.58. The van der Waals surface area contributed by atoms with Crippen LogP contribution in [-0.4, -0.2) is 23.1 Å². The summed E-state index contributed by atoms with van der Waals surface area (Å²) in [6.07, 6.45) is 12.5. The summed E-state index contributed by atoms with van der Waals surface area (Å²) in [5.74, 6) is 0. The Labute approximate surface area is 170 Å².